The van der Waals surface area contributed by atoms with Crippen LogP contribution in [0.15, 0.2) is 10.5 Å². The molecule has 1 aliphatic heterocycles. The van der Waals surface area contributed by atoms with E-state index in [-0.39, 0.29) is 18.3 Å². The number of hydrogen-bond donors (Lipinski definition) is 1. The molecule has 1 saturated heterocycles. The van der Waals surface area contributed by atoms with E-state index in [0.717, 1.165) is 29.9 Å². The van der Waals surface area contributed by atoms with Crippen LogP contribution in [0.5, 0.6) is 0 Å². The van der Waals surface area contributed by atoms with Gasteiger partial charge in [0.15, 0.2) is 0 Å². The fourth-order valence-corrected chi connectivity index (χ4v) is 2.52. The van der Waals surface area contributed by atoms with Gasteiger partial charge in [-0.1, -0.05) is 0 Å². The quantitative estimate of drug-likeness (QED) is 0.895. The van der Waals surface area contributed by atoms with Crippen LogP contribution in [-0.2, 0) is 22.6 Å². The number of ether oxygens (including phenoxy) is 2. The summed E-state index contributed by atoms with van der Waals surface area (Å²) in [5.74, 6) is 1.73. The second-order valence-electron chi connectivity index (χ2n) is 5.16. The van der Waals surface area contributed by atoms with Gasteiger partial charge in [-0.3, -0.25) is 0 Å². The van der Waals surface area contributed by atoms with Crippen LogP contribution in [0.1, 0.15) is 43.8 Å². The molecule has 2 atom stereocenters. The molecule has 0 radical (unpaired) electrons. The molecule has 1 fully saturated rings. The van der Waals surface area contributed by atoms with E-state index in [4.69, 9.17) is 19.6 Å². The zero-order valence-electron chi connectivity index (χ0n) is 11.4. The molecule has 0 bridgehead atoms. The minimum absolute atomic E-state index is 0.277. The van der Waals surface area contributed by atoms with Crippen LogP contribution in [-0.4, -0.2) is 18.3 Å². The number of hydrogen-bond acceptors (Lipinski definition) is 4. The van der Waals surface area contributed by atoms with Crippen molar-refractivity contribution in [1.29, 1.82) is 0 Å². The summed E-state index contributed by atoms with van der Waals surface area (Å²) >= 11 is 0. The Hall–Kier alpha value is -0.840. The van der Waals surface area contributed by atoms with Crippen molar-refractivity contribution < 1.29 is 13.9 Å². The first-order chi connectivity index (χ1) is 8.58. The third-order valence-electron chi connectivity index (χ3n) is 3.40. The van der Waals surface area contributed by atoms with Crippen LogP contribution in [0.3, 0.4) is 0 Å². The van der Waals surface area contributed by atoms with Gasteiger partial charge >= 0.3 is 0 Å². The zero-order chi connectivity index (χ0) is 13.1. The summed E-state index contributed by atoms with van der Waals surface area (Å²) < 4.78 is 17.2. The van der Waals surface area contributed by atoms with Crippen molar-refractivity contribution in [2.45, 2.75) is 65.1 Å². The fourth-order valence-electron chi connectivity index (χ4n) is 2.52. The first-order valence-corrected chi connectivity index (χ1v) is 6.63. The van der Waals surface area contributed by atoms with Gasteiger partial charge in [0, 0.05) is 5.56 Å². The molecule has 2 rings (SSSR count). The molecular formula is C14H23NO3. The fraction of sp³-hybridized carbons (Fsp3) is 0.714. The zero-order valence-corrected chi connectivity index (χ0v) is 11.4. The van der Waals surface area contributed by atoms with E-state index in [2.05, 4.69) is 13.8 Å². The number of rotatable bonds is 4. The predicted molar refractivity (Wildman–Crippen MR) is 69.2 cm³/mol. The van der Waals surface area contributed by atoms with Crippen LogP contribution in [0, 0.1) is 6.92 Å². The van der Waals surface area contributed by atoms with Crippen LogP contribution < -0.4 is 5.73 Å². The topological polar surface area (TPSA) is 57.6 Å². The largest absolute Gasteiger partial charge is 0.465 e. The Kier molecular flexibility index (Phi) is 4.43. The van der Waals surface area contributed by atoms with Gasteiger partial charge in [-0.25, -0.2) is 0 Å². The standard InChI is InChI=1S/C14H23NO3/c1-9-4-13(5-10(2)17-9)16-8-12-6-14(7-15)18-11(12)3/h6,9-10,13H,4-5,7-8,15H2,1-3H3. The lowest BCUT2D eigenvalue weighted by Gasteiger charge is -2.31. The number of nitrogens with two attached hydrogens (primary N) is 1. The molecule has 2 heterocycles. The normalized spacial score (nSPS) is 28.6. The maximum absolute atomic E-state index is 5.97. The van der Waals surface area contributed by atoms with Gasteiger partial charge in [0.05, 0.1) is 31.5 Å². The Balaban J connectivity index is 1.88. The van der Waals surface area contributed by atoms with Crippen LogP contribution >= 0.6 is 0 Å². The predicted octanol–water partition coefficient (Wildman–Crippen LogP) is 2.52. The van der Waals surface area contributed by atoms with Crippen molar-refractivity contribution in [3.05, 3.63) is 23.2 Å². The molecule has 2 N–H and O–H groups in total. The molecule has 1 aromatic heterocycles. The Labute approximate surface area is 108 Å². The Morgan fingerprint density at radius 2 is 2.00 bits per heavy atom. The lowest BCUT2D eigenvalue weighted by Crippen LogP contribution is -2.34. The molecule has 102 valence electrons. The summed E-state index contributed by atoms with van der Waals surface area (Å²) in [4.78, 5) is 0. The summed E-state index contributed by atoms with van der Waals surface area (Å²) in [5.41, 5.74) is 6.66. The molecule has 0 spiro atoms. The minimum atomic E-state index is 0.277. The van der Waals surface area contributed by atoms with E-state index in [1.165, 1.54) is 0 Å². The van der Waals surface area contributed by atoms with E-state index in [1.807, 2.05) is 13.0 Å². The highest BCUT2D eigenvalue weighted by atomic mass is 16.5. The molecule has 2 unspecified atom stereocenters. The minimum Gasteiger partial charge on any atom is -0.465 e. The maximum Gasteiger partial charge on any atom is 0.118 e. The van der Waals surface area contributed by atoms with E-state index >= 15 is 0 Å². The molecular weight excluding hydrogens is 230 g/mol. The molecule has 0 amide bonds. The van der Waals surface area contributed by atoms with Gasteiger partial charge in [0.2, 0.25) is 0 Å². The molecule has 4 nitrogen and oxygen atoms in total. The molecule has 4 heteroatoms. The van der Waals surface area contributed by atoms with E-state index in [9.17, 15) is 0 Å². The van der Waals surface area contributed by atoms with Gasteiger partial charge in [-0.15, -0.1) is 0 Å². The van der Waals surface area contributed by atoms with Gasteiger partial charge in [0.25, 0.3) is 0 Å². The first kappa shape index (κ1) is 13.6. The van der Waals surface area contributed by atoms with E-state index < -0.39 is 0 Å². The Bertz CT molecular complexity index is 378. The average molecular weight is 253 g/mol. The van der Waals surface area contributed by atoms with Crippen molar-refractivity contribution in [3.63, 3.8) is 0 Å². The van der Waals surface area contributed by atoms with Gasteiger partial charge in [-0.2, -0.15) is 0 Å². The van der Waals surface area contributed by atoms with E-state index in [1.54, 1.807) is 0 Å². The SMILES string of the molecule is Cc1oc(CN)cc1COC1CC(C)OC(C)C1. The molecule has 0 aliphatic carbocycles. The Morgan fingerprint density at radius 1 is 1.33 bits per heavy atom. The smallest absolute Gasteiger partial charge is 0.118 e. The molecule has 0 aromatic carbocycles. The monoisotopic (exact) mass is 253 g/mol. The second kappa shape index (κ2) is 5.87. The van der Waals surface area contributed by atoms with Gasteiger partial charge < -0.3 is 19.6 Å². The van der Waals surface area contributed by atoms with Crippen molar-refractivity contribution in [1.82, 2.24) is 0 Å². The summed E-state index contributed by atoms with van der Waals surface area (Å²) in [6, 6.07) is 1.99. The molecule has 0 saturated carbocycles. The van der Waals surface area contributed by atoms with Gasteiger partial charge in [-0.05, 0) is 39.7 Å². The lowest BCUT2D eigenvalue weighted by atomic mass is 10.0. The third kappa shape index (κ3) is 3.34. The van der Waals surface area contributed by atoms with E-state index in [0.29, 0.717) is 13.2 Å². The second-order valence-corrected chi connectivity index (χ2v) is 5.16. The van der Waals surface area contributed by atoms with Crippen LogP contribution in [0.2, 0.25) is 0 Å². The first-order valence-electron chi connectivity index (χ1n) is 6.63. The average Bonchev–Trinajstić information content (AvgIpc) is 2.66. The highest BCUT2D eigenvalue weighted by Gasteiger charge is 2.25. The van der Waals surface area contributed by atoms with Crippen molar-refractivity contribution in [3.8, 4) is 0 Å². The van der Waals surface area contributed by atoms with Crippen molar-refractivity contribution in [2.24, 2.45) is 5.73 Å². The summed E-state index contributed by atoms with van der Waals surface area (Å²) in [6.07, 6.45) is 2.77. The highest BCUT2D eigenvalue weighted by Crippen LogP contribution is 2.23. The number of furan rings is 1. The molecule has 18 heavy (non-hydrogen) atoms. The number of aryl methyl sites for hydroxylation is 1. The molecule has 1 aliphatic rings. The van der Waals surface area contributed by atoms with Crippen LogP contribution in [0.25, 0.3) is 0 Å². The third-order valence-corrected chi connectivity index (χ3v) is 3.40. The Morgan fingerprint density at radius 3 is 2.56 bits per heavy atom. The molecule has 1 aromatic rings. The lowest BCUT2D eigenvalue weighted by molar-refractivity contribution is -0.106. The summed E-state index contributed by atoms with van der Waals surface area (Å²) in [7, 11) is 0. The highest BCUT2D eigenvalue weighted by molar-refractivity contribution is 5.19. The van der Waals surface area contributed by atoms with Crippen molar-refractivity contribution in [2.75, 3.05) is 0 Å². The van der Waals surface area contributed by atoms with Crippen molar-refractivity contribution >= 4 is 0 Å². The van der Waals surface area contributed by atoms with Crippen LogP contribution in [0.4, 0.5) is 0 Å². The summed E-state index contributed by atoms with van der Waals surface area (Å²) in [5, 5.41) is 0. The van der Waals surface area contributed by atoms with Gasteiger partial charge in [0.1, 0.15) is 11.5 Å². The maximum atomic E-state index is 5.97. The summed E-state index contributed by atoms with van der Waals surface area (Å²) in [6.45, 7) is 7.18.